The van der Waals surface area contributed by atoms with Crippen LogP contribution in [-0.2, 0) is 4.79 Å². The molecule has 0 heterocycles. The van der Waals surface area contributed by atoms with Crippen LogP contribution in [0, 0.1) is 0 Å². The van der Waals surface area contributed by atoms with Crippen LogP contribution >= 0.6 is 0 Å². The van der Waals surface area contributed by atoms with Crippen molar-refractivity contribution in [3.8, 4) is 0 Å². The quantitative estimate of drug-likeness (QED) is 0.403. The predicted molar refractivity (Wildman–Crippen MR) is 93.0 cm³/mol. The highest BCUT2D eigenvalue weighted by atomic mass is 16.3. The van der Waals surface area contributed by atoms with Crippen molar-refractivity contribution in [2.45, 2.75) is 116 Å². The van der Waals surface area contributed by atoms with E-state index >= 15 is 0 Å². The van der Waals surface area contributed by atoms with Gasteiger partial charge in [-0.2, -0.15) is 0 Å². The smallest absolute Gasteiger partial charge is 0.132 e. The third-order valence-corrected chi connectivity index (χ3v) is 4.40. The number of hydrogen-bond acceptors (Lipinski definition) is 3. The molecule has 3 nitrogen and oxygen atoms in total. The zero-order chi connectivity index (χ0) is 16.6. The molecule has 0 aromatic rings. The van der Waals surface area contributed by atoms with Gasteiger partial charge in [-0.3, -0.25) is 4.79 Å². The maximum atomic E-state index is 11.1. The van der Waals surface area contributed by atoms with E-state index in [0.717, 1.165) is 57.8 Å². The molecule has 0 aromatic heterocycles. The standard InChI is InChI=1S/C19H38O3/c1-3-5-6-8-12-15-18(21)19(22)16-13-10-7-9-11-14-17(20)4-2/h18-19,21-22H,3-16H2,1-2H3. The lowest BCUT2D eigenvalue weighted by atomic mass is 9.99. The molecule has 0 aliphatic rings. The first-order chi connectivity index (χ1) is 10.6. The molecule has 0 amide bonds. The highest BCUT2D eigenvalue weighted by molar-refractivity contribution is 5.77. The summed E-state index contributed by atoms with van der Waals surface area (Å²) < 4.78 is 0. The molecular weight excluding hydrogens is 276 g/mol. The lowest BCUT2D eigenvalue weighted by Gasteiger charge is -2.17. The van der Waals surface area contributed by atoms with Gasteiger partial charge in [0, 0.05) is 12.8 Å². The normalized spacial score (nSPS) is 14.0. The molecule has 2 N–H and O–H groups in total. The molecule has 3 heteroatoms. The van der Waals surface area contributed by atoms with Crippen LogP contribution in [0.25, 0.3) is 0 Å². The lowest BCUT2D eigenvalue weighted by molar-refractivity contribution is -0.118. The Morgan fingerprint density at radius 1 is 0.727 bits per heavy atom. The minimum Gasteiger partial charge on any atom is -0.390 e. The fourth-order valence-corrected chi connectivity index (χ4v) is 2.72. The summed E-state index contributed by atoms with van der Waals surface area (Å²) in [7, 11) is 0. The first-order valence-electron chi connectivity index (χ1n) is 9.49. The summed E-state index contributed by atoms with van der Waals surface area (Å²) in [5, 5.41) is 19.8. The first kappa shape index (κ1) is 21.6. The minimum absolute atomic E-state index is 0.359. The van der Waals surface area contributed by atoms with E-state index in [1.165, 1.54) is 19.3 Å². The van der Waals surface area contributed by atoms with Crippen LogP contribution in [0.3, 0.4) is 0 Å². The van der Waals surface area contributed by atoms with Crippen molar-refractivity contribution in [2.24, 2.45) is 0 Å². The van der Waals surface area contributed by atoms with Gasteiger partial charge in [0.25, 0.3) is 0 Å². The molecule has 0 spiro atoms. The van der Waals surface area contributed by atoms with Gasteiger partial charge in [-0.1, -0.05) is 71.6 Å². The van der Waals surface area contributed by atoms with Crippen molar-refractivity contribution in [1.82, 2.24) is 0 Å². The molecule has 0 saturated heterocycles. The zero-order valence-corrected chi connectivity index (χ0v) is 14.9. The Hall–Kier alpha value is -0.410. The van der Waals surface area contributed by atoms with Crippen LogP contribution < -0.4 is 0 Å². The molecule has 0 bridgehead atoms. The van der Waals surface area contributed by atoms with Gasteiger partial charge in [0.2, 0.25) is 0 Å². The number of Topliss-reactive ketones (excluding diaryl/α,β-unsaturated/α-hetero) is 1. The third-order valence-electron chi connectivity index (χ3n) is 4.40. The molecule has 2 unspecified atom stereocenters. The number of rotatable bonds is 16. The molecule has 0 aromatic carbocycles. The van der Waals surface area contributed by atoms with Gasteiger partial charge < -0.3 is 10.2 Å². The Morgan fingerprint density at radius 3 is 1.68 bits per heavy atom. The highest BCUT2D eigenvalue weighted by Gasteiger charge is 2.15. The van der Waals surface area contributed by atoms with Crippen molar-refractivity contribution in [3.63, 3.8) is 0 Å². The van der Waals surface area contributed by atoms with Crippen molar-refractivity contribution in [2.75, 3.05) is 0 Å². The fourth-order valence-electron chi connectivity index (χ4n) is 2.72. The van der Waals surface area contributed by atoms with E-state index in [4.69, 9.17) is 0 Å². The van der Waals surface area contributed by atoms with Gasteiger partial charge in [-0.25, -0.2) is 0 Å². The summed E-state index contributed by atoms with van der Waals surface area (Å²) >= 11 is 0. The van der Waals surface area contributed by atoms with Crippen LogP contribution in [-0.4, -0.2) is 28.2 Å². The minimum atomic E-state index is -0.562. The summed E-state index contributed by atoms with van der Waals surface area (Å²) in [6.45, 7) is 4.11. The first-order valence-corrected chi connectivity index (χ1v) is 9.49. The van der Waals surface area contributed by atoms with E-state index in [1.54, 1.807) is 0 Å². The maximum Gasteiger partial charge on any atom is 0.132 e. The average molecular weight is 315 g/mol. The van der Waals surface area contributed by atoms with Crippen LogP contribution in [0.1, 0.15) is 104 Å². The molecule has 2 atom stereocenters. The Labute approximate surface area is 137 Å². The summed E-state index contributed by atoms with van der Waals surface area (Å²) in [4.78, 5) is 11.1. The van der Waals surface area contributed by atoms with Crippen LogP contribution in [0.5, 0.6) is 0 Å². The molecule has 0 aliphatic heterocycles. The van der Waals surface area contributed by atoms with Gasteiger partial charge in [0.05, 0.1) is 12.2 Å². The van der Waals surface area contributed by atoms with Gasteiger partial charge in [-0.15, -0.1) is 0 Å². The summed E-state index contributed by atoms with van der Waals surface area (Å²) in [5.41, 5.74) is 0. The molecule has 0 aliphatic carbocycles. The monoisotopic (exact) mass is 314 g/mol. The number of aliphatic hydroxyl groups excluding tert-OH is 2. The Balaban J connectivity index is 3.40. The zero-order valence-electron chi connectivity index (χ0n) is 14.9. The fraction of sp³-hybridized carbons (Fsp3) is 0.947. The highest BCUT2D eigenvalue weighted by Crippen LogP contribution is 2.14. The Kier molecular flexibility index (Phi) is 15.2. The number of carbonyl (C=O) groups excluding carboxylic acids is 1. The average Bonchev–Trinajstić information content (AvgIpc) is 2.52. The number of hydrogen-bond donors (Lipinski definition) is 2. The number of ketones is 1. The molecule has 0 saturated carbocycles. The molecule has 132 valence electrons. The topological polar surface area (TPSA) is 57.5 Å². The number of unbranched alkanes of at least 4 members (excludes halogenated alkanes) is 8. The lowest BCUT2D eigenvalue weighted by Crippen LogP contribution is -2.25. The van der Waals surface area contributed by atoms with Crippen LogP contribution in [0.2, 0.25) is 0 Å². The van der Waals surface area contributed by atoms with Crippen LogP contribution in [0.15, 0.2) is 0 Å². The van der Waals surface area contributed by atoms with Crippen molar-refractivity contribution < 1.29 is 15.0 Å². The van der Waals surface area contributed by atoms with Crippen molar-refractivity contribution in [1.29, 1.82) is 0 Å². The maximum absolute atomic E-state index is 11.1. The number of carbonyl (C=O) groups is 1. The van der Waals surface area contributed by atoms with Crippen molar-refractivity contribution in [3.05, 3.63) is 0 Å². The van der Waals surface area contributed by atoms with Gasteiger partial charge in [-0.05, 0) is 19.3 Å². The summed E-state index contributed by atoms with van der Waals surface area (Å²) in [6.07, 6.45) is 12.9. The predicted octanol–water partition coefficient (Wildman–Crippen LogP) is 4.78. The van der Waals surface area contributed by atoms with Gasteiger partial charge in [0.15, 0.2) is 0 Å². The largest absolute Gasteiger partial charge is 0.390 e. The summed E-state index contributed by atoms with van der Waals surface area (Å²) in [5.74, 6) is 0.359. The second-order valence-electron chi connectivity index (χ2n) is 6.54. The molecule has 0 radical (unpaired) electrons. The summed E-state index contributed by atoms with van der Waals surface area (Å²) in [6, 6.07) is 0. The Morgan fingerprint density at radius 2 is 1.18 bits per heavy atom. The van der Waals surface area contributed by atoms with E-state index in [0.29, 0.717) is 18.6 Å². The number of aliphatic hydroxyl groups is 2. The van der Waals surface area contributed by atoms with Gasteiger partial charge >= 0.3 is 0 Å². The van der Waals surface area contributed by atoms with Gasteiger partial charge in [0.1, 0.15) is 5.78 Å². The van der Waals surface area contributed by atoms with E-state index in [-0.39, 0.29) is 0 Å². The van der Waals surface area contributed by atoms with Crippen molar-refractivity contribution >= 4 is 5.78 Å². The third kappa shape index (κ3) is 13.3. The van der Waals surface area contributed by atoms with E-state index in [2.05, 4.69) is 6.92 Å². The SMILES string of the molecule is CCCCCCCC(O)C(O)CCCCCCCC(=O)CC. The molecule has 0 rings (SSSR count). The molecule has 22 heavy (non-hydrogen) atoms. The van der Waals surface area contributed by atoms with E-state index < -0.39 is 12.2 Å². The van der Waals surface area contributed by atoms with E-state index in [1.807, 2.05) is 6.92 Å². The molecular formula is C19H38O3. The van der Waals surface area contributed by atoms with E-state index in [9.17, 15) is 15.0 Å². The second kappa shape index (κ2) is 15.5. The molecule has 0 fully saturated rings. The Bertz CT molecular complexity index is 253. The second-order valence-corrected chi connectivity index (χ2v) is 6.54. The van der Waals surface area contributed by atoms with Crippen LogP contribution in [0.4, 0.5) is 0 Å².